The molecule has 1 saturated heterocycles. The third-order valence-corrected chi connectivity index (χ3v) is 4.91. The molecule has 5 nitrogen and oxygen atoms in total. The van der Waals surface area contributed by atoms with Gasteiger partial charge in [0.1, 0.15) is 0 Å². The highest BCUT2D eigenvalue weighted by atomic mass is 79.9. The molecule has 2 rings (SSSR count). The molecule has 1 atom stereocenters. The summed E-state index contributed by atoms with van der Waals surface area (Å²) >= 11 is 3.23. The molecule has 0 bridgehead atoms. The number of hydrogen-bond donors (Lipinski definition) is 0. The van der Waals surface area contributed by atoms with Crippen molar-refractivity contribution in [2.24, 2.45) is 0 Å². The van der Waals surface area contributed by atoms with E-state index in [1.54, 1.807) is 12.1 Å². The number of benzene rings is 1. The molecule has 1 aliphatic heterocycles. The minimum Gasteiger partial charge on any atom is -0.298 e. The van der Waals surface area contributed by atoms with Gasteiger partial charge in [-0.1, -0.05) is 13.0 Å². The Morgan fingerprint density at radius 2 is 2.00 bits per heavy atom. The Morgan fingerprint density at radius 1 is 1.33 bits per heavy atom. The molecular formula is C15H22BrN3O2. The van der Waals surface area contributed by atoms with Gasteiger partial charge in [-0.3, -0.25) is 19.9 Å². The number of piperazine rings is 1. The van der Waals surface area contributed by atoms with E-state index < -0.39 is 0 Å². The van der Waals surface area contributed by atoms with Gasteiger partial charge in [-0.25, -0.2) is 0 Å². The third kappa shape index (κ3) is 4.25. The fourth-order valence-electron chi connectivity index (χ4n) is 2.68. The quantitative estimate of drug-likeness (QED) is 0.600. The van der Waals surface area contributed by atoms with Crippen molar-refractivity contribution >= 4 is 21.6 Å². The number of nitrogens with zero attached hydrogens (tertiary/aromatic N) is 3. The van der Waals surface area contributed by atoms with E-state index in [9.17, 15) is 10.1 Å². The molecule has 0 aliphatic carbocycles. The highest BCUT2D eigenvalue weighted by Gasteiger charge is 2.21. The van der Waals surface area contributed by atoms with Crippen LogP contribution in [0.1, 0.15) is 25.8 Å². The van der Waals surface area contributed by atoms with Crippen molar-refractivity contribution in [2.45, 2.75) is 32.9 Å². The summed E-state index contributed by atoms with van der Waals surface area (Å²) < 4.78 is 0.540. The molecule has 0 radical (unpaired) electrons. The first-order chi connectivity index (χ1) is 10.0. The summed E-state index contributed by atoms with van der Waals surface area (Å²) in [6, 6.07) is 6.03. The maximum atomic E-state index is 11.0. The van der Waals surface area contributed by atoms with Crippen LogP contribution in [0.3, 0.4) is 0 Å². The Bertz CT molecular complexity index is 502. The van der Waals surface area contributed by atoms with E-state index in [2.05, 4.69) is 39.6 Å². The molecule has 0 saturated carbocycles. The number of halogens is 1. The van der Waals surface area contributed by atoms with Gasteiger partial charge in [0.2, 0.25) is 0 Å². The zero-order valence-electron chi connectivity index (χ0n) is 12.6. The first-order valence-corrected chi connectivity index (χ1v) is 8.19. The fourth-order valence-corrected chi connectivity index (χ4v) is 3.07. The highest BCUT2D eigenvalue weighted by Crippen LogP contribution is 2.26. The minimum absolute atomic E-state index is 0.144. The Balaban J connectivity index is 1.95. The van der Waals surface area contributed by atoms with Crippen molar-refractivity contribution in [1.82, 2.24) is 9.80 Å². The Kier molecular flexibility index (Phi) is 5.72. The van der Waals surface area contributed by atoms with Gasteiger partial charge in [-0.2, -0.15) is 0 Å². The third-order valence-electron chi connectivity index (χ3n) is 4.23. The average Bonchev–Trinajstić information content (AvgIpc) is 2.49. The van der Waals surface area contributed by atoms with Gasteiger partial charge in [0.25, 0.3) is 5.69 Å². The lowest BCUT2D eigenvalue weighted by Gasteiger charge is -2.37. The predicted octanol–water partition coefficient (Wildman–Crippen LogP) is 3.27. The molecule has 116 valence electrons. The molecule has 0 amide bonds. The van der Waals surface area contributed by atoms with Crippen molar-refractivity contribution in [3.63, 3.8) is 0 Å². The number of rotatable bonds is 5. The van der Waals surface area contributed by atoms with E-state index in [1.807, 2.05) is 6.07 Å². The van der Waals surface area contributed by atoms with Gasteiger partial charge in [0, 0.05) is 44.8 Å². The van der Waals surface area contributed by atoms with Crippen molar-refractivity contribution in [3.8, 4) is 0 Å². The van der Waals surface area contributed by atoms with Gasteiger partial charge in [-0.15, -0.1) is 0 Å². The van der Waals surface area contributed by atoms with Gasteiger partial charge in [-0.05, 0) is 40.9 Å². The first kappa shape index (κ1) is 16.4. The fraction of sp³-hybridized carbons (Fsp3) is 0.600. The molecule has 0 aromatic heterocycles. The smallest absolute Gasteiger partial charge is 0.283 e. The normalized spacial score (nSPS) is 18.6. The largest absolute Gasteiger partial charge is 0.298 e. The lowest BCUT2D eigenvalue weighted by Crippen LogP contribution is -2.48. The van der Waals surface area contributed by atoms with Crippen LogP contribution in [0.5, 0.6) is 0 Å². The van der Waals surface area contributed by atoms with E-state index in [4.69, 9.17) is 0 Å². The summed E-state index contributed by atoms with van der Waals surface area (Å²) in [4.78, 5) is 15.5. The van der Waals surface area contributed by atoms with Crippen LogP contribution in [0.2, 0.25) is 0 Å². The molecule has 1 unspecified atom stereocenters. The maximum Gasteiger partial charge on any atom is 0.283 e. The molecule has 1 fully saturated rings. The molecule has 1 aromatic rings. The maximum absolute atomic E-state index is 11.0. The zero-order chi connectivity index (χ0) is 15.4. The average molecular weight is 356 g/mol. The molecule has 1 aliphatic rings. The van der Waals surface area contributed by atoms with Crippen molar-refractivity contribution in [1.29, 1.82) is 0 Å². The van der Waals surface area contributed by atoms with Crippen LogP contribution in [0.4, 0.5) is 5.69 Å². The summed E-state index contributed by atoms with van der Waals surface area (Å²) in [7, 11) is 0. The second-order valence-corrected chi connectivity index (χ2v) is 6.47. The summed E-state index contributed by atoms with van der Waals surface area (Å²) in [5, 5.41) is 11.0. The van der Waals surface area contributed by atoms with Gasteiger partial charge in [0.15, 0.2) is 0 Å². The second-order valence-electron chi connectivity index (χ2n) is 5.61. The number of nitro benzene ring substituents is 1. The van der Waals surface area contributed by atoms with E-state index in [-0.39, 0.29) is 10.6 Å². The van der Waals surface area contributed by atoms with Crippen LogP contribution >= 0.6 is 15.9 Å². The summed E-state index contributed by atoms with van der Waals surface area (Å²) in [6.45, 7) is 9.47. The Hall–Kier alpha value is -0.980. The van der Waals surface area contributed by atoms with Crippen LogP contribution in [-0.2, 0) is 6.54 Å². The lowest BCUT2D eigenvalue weighted by molar-refractivity contribution is -0.385. The zero-order valence-corrected chi connectivity index (χ0v) is 14.2. The summed E-state index contributed by atoms with van der Waals surface area (Å²) in [5.74, 6) is 0. The molecular weight excluding hydrogens is 334 g/mol. The van der Waals surface area contributed by atoms with Crippen LogP contribution in [0.15, 0.2) is 22.7 Å². The molecule has 1 aromatic carbocycles. The molecule has 0 spiro atoms. The monoisotopic (exact) mass is 355 g/mol. The van der Waals surface area contributed by atoms with Crippen LogP contribution < -0.4 is 0 Å². The Labute approximate surface area is 134 Å². The van der Waals surface area contributed by atoms with E-state index in [1.165, 1.54) is 6.42 Å². The van der Waals surface area contributed by atoms with E-state index >= 15 is 0 Å². The topological polar surface area (TPSA) is 49.6 Å². The predicted molar refractivity (Wildman–Crippen MR) is 87.4 cm³/mol. The molecule has 6 heteroatoms. The number of nitro groups is 1. The summed E-state index contributed by atoms with van der Waals surface area (Å²) in [5.41, 5.74) is 1.15. The van der Waals surface area contributed by atoms with Crippen LogP contribution in [0, 0.1) is 10.1 Å². The van der Waals surface area contributed by atoms with Gasteiger partial charge >= 0.3 is 0 Å². The van der Waals surface area contributed by atoms with Crippen molar-refractivity contribution in [3.05, 3.63) is 38.3 Å². The minimum atomic E-state index is -0.339. The lowest BCUT2D eigenvalue weighted by atomic mass is 10.1. The standard InChI is InChI=1S/C15H22BrN3O2/c1-3-12(2)18-8-6-17(7-9-18)11-13-4-5-14(16)15(10-13)19(20)21/h4-5,10,12H,3,6-9,11H2,1-2H3. The van der Waals surface area contributed by atoms with E-state index in [0.717, 1.165) is 38.3 Å². The highest BCUT2D eigenvalue weighted by molar-refractivity contribution is 9.10. The van der Waals surface area contributed by atoms with Crippen LogP contribution in [0.25, 0.3) is 0 Å². The first-order valence-electron chi connectivity index (χ1n) is 7.40. The summed E-state index contributed by atoms with van der Waals surface area (Å²) in [6.07, 6.45) is 1.18. The van der Waals surface area contributed by atoms with Gasteiger partial charge < -0.3 is 0 Å². The molecule has 1 heterocycles. The van der Waals surface area contributed by atoms with E-state index in [0.29, 0.717) is 10.5 Å². The number of hydrogen-bond acceptors (Lipinski definition) is 4. The molecule has 21 heavy (non-hydrogen) atoms. The van der Waals surface area contributed by atoms with Crippen molar-refractivity contribution in [2.75, 3.05) is 26.2 Å². The second kappa shape index (κ2) is 7.33. The molecule has 0 N–H and O–H groups in total. The van der Waals surface area contributed by atoms with Crippen molar-refractivity contribution < 1.29 is 4.92 Å². The van der Waals surface area contributed by atoms with Crippen LogP contribution in [-0.4, -0.2) is 46.9 Å². The Morgan fingerprint density at radius 3 is 2.57 bits per heavy atom. The van der Waals surface area contributed by atoms with Gasteiger partial charge in [0.05, 0.1) is 9.40 Å². The SMILES string of the molecule is CCC(C)N1CCN(Cc2ccc(Br)c([N+](=O)[O-])c2)CC1.